The van der Waals surface area contributed by atoms with Crippen LogP contribution in [0, 0.1) is 5.82 Å². The second-order valence-electron chi connectivity index (χ2n) is 4.54. The van der Waals surface area contributed by atoms with Crippen LogP contribution >= 0.6 is 11.3 Å². The summed E-state index contributed by atoms with van der Waals surface area (Å²) in [7, 11) is 0. The molecule has 0 atom stereocenters. The molecule has 1 heterocycles. The topological polar surface area (TPSA) is 58.2 Å². The van der Waals surface area contributed by atoms with Crippen molar-refractivity contribution in [1.29, 1.82) is 0 Å². The van der Waals surface area contributed by atoms with Gasteiger partial charge in [0.15, 0.2) is 0 Å². The number of benzene rings is 2. The van der Waals surface area contributed by atoms with Gasteiger partial charge in [0.25, 0.3) is 11.8 Å². The summed E-state index contributed by atoms with van der Waals surface area (Å²) < 4.78 is 14.4. The van der Waals surface area contributed by atoms with Crippen molar-refractivity contribution in [3.63, 3.8) is 0 Å². The maximum absolute atomic E-state index is 13.5. The number of hydrogen-bond acceptors (Lipinski definition) is 3. The van der Waals surface area contributed by atoms with Gasteiger partial charge < -0.3 is 0 Å². The van der Waals surface area contributed by atoms with Gasteiger partial charge in [-0.1, -0.05) is 30.3 Å². The van der Waals surface area contributed by atoms with Crippen molar-refractivity contribution in [2.45, 2.75) is 0 Å². The molecular weight excluding hydrogens is 303 g/mol. The van der Waals surface area contributed by atoms with Gasteiger partial charge in [0.2, 0.25) is 0 Å². The first-order valence-electron chi connectivity index (χ1n) is 6.49. The van der Waals surface area contributed by atoms with E-state index in [0.29, 0.717) is 4.88 Å². The lowest BCUT2D eigenvalue weighted by Crippen LogP contribution is -2.41. The molecule has 110 valence electrons. The molecule has 0 aliphatic carbocycles. The standard InChI is InChI=1S/C16H11FN2O2S/c17-12-7-3-2-6-11(12)15(20)18-19-16(21)14-9-10-5-1-4-8-13(10)22-14/h1-9H,(H,18,20)(H,19,21). The number of fused-ring (bicyclic) bond motifs is 1. The van der Waals surface area contributed by atoms with E-state index in [-0.39, 0.29) is 5.56 Å². The Morgan fingerprint density at radius 2 is 1.59 bits per heavy atom. The maximum Gasteiger partial charge on any atom is 0.279 e. The summed E-state index contributed by atoms with van der Waals surface area (Å²) in [6, 6.07) is 14.9. The highest BCUT2D eigenvalue weighted by Gasteiger charge is 2.14. The first-order valence-corrected chi connectivity index (χ1v) is 7.30. The van der Waals surface area contributed by atoms with E-state index in [1.165, 1.54) is 29.5 Å². The Bertz CT molecular complexity index is 827. The van der Waals surface area contributed by atoms with Crippen LogP contribution in [-0.2, 0) is 0 Å². The molecule has 3 rings (SSSR count). The Morgan fingerprint density at radius 3 is 2.36 bits per heavy atom. The zero-order valence-corrected chi connectivity index (χ0v) is 12.1. The number of carbonyl (C=O) groups excluding carboxylic acids is 2. The molecule has 0 aliphatic heterocycles. The Morgan fingerprint density at radius 1 is 0.909 bits per heavy atom. The zero-order valence-electron chi connectivity index (χ0n) is 11.3. The molecule has 0 spiro atoms. The van der Waals surface area contributed by atoms with Gasteiger partial charge in [-0.05, 0) is 29.7 Å². The third kappa shape index (κ3) is 2.82. The van der Waals surface area contributed by atoms with Crippen molar-refractivity contribution in [2.75, 3.05) is 0 Å². The second-order valence-corrected chi connectivity index (χ2v) is 5.62. The molecule has 0 unspecified atom stereocenters. The molecule has 0 radical (unpaired) electrons. The molecule has 0 fully saturated rings. The summed E-state index contributed by atoms with van der Waals surface area (Å²) in [5, 5.41) is 0.957. The first-order chi connectivity index (χ1) is 10.6. The fourth-order valence-corrected chi connectivity index (χ4v) is 2.94. The van der Waals surface area contributed by atoms with Crippen molar-refractivity contribution < 1.29 is 14.0 Å². The highest BCUT2D eigenvalue weighted by Crippen LogP contribution is 2.24. The molecular formula is C16H11FN2O2S. The molecule has 22 heavy (non-hydrogen) atoms. The molecule has 6 heteroatoms. The van der Waals surface area contributed by atoms with Crippen LogP contribution in [0.2, 0.25) is 0 Å². The molecule has 2 aromatic carbocycles. The quantitative estimate of drug-likeness (QED) is 0.714. The molecule has 1 aromatic heterocycles. The van der Waals surface area contributed by atoms with Crippen LogP contribution in [0.4, 0.5) is 4.39 Å². The van der Waals surface area contributed by atoms with Crippen LogP contribution in [0.1, 0.15) is 20.0 Å². The highest BCUT2D eigenvalue weighted by atomic mass is 32.1. The number of thiophene rings is 1. The lowest BCUT2D eigenvalue weighted by Gasteiger charge is -2.06. The summed E-state index contributed by atoms with van der Waals surface area (Å²) in [6.07, 6.45) is 0. The number of amides is 2. The van der Waals surface area contributed by atoms with Crippen LogP contribution in [0.15, 0.2) is 54.6 Å². The summed E-state index contributed by atoms with van der Waals surface area (Å²) >= 11 is 1.32. The van der Waals surface area contributed by atoms with Crippen molar-refractivity contribution in [1.82, 2.24) is 10.9 Å². The SMILES string of the molecule is O=C(NNC(=O)c1ccccc1F)c1cc2ccccc2s1. The molecule has 2 N–H and O–H groups in total. The third-order valence-electron chi connectivity index (χ3n) is 3.06. The average molecular weight is 314 g/mol. The minimum absolute atomic E-state index is 0.126. The Labute approximate surface area is 129 Å². The summed E-state index contributed by atoms with van der Waals surface area (Å²) in [5.41, 5.74) is 4.38. The Balaban J connectivity index is 1.69. The Hall–Kier alpha value is -2.73. The number of hydrogen-bond donors (Lipinski definition) is 2. The van der Waals surface area contributed by atoms with Gasteiger partial charge in [-0.25, -0.2) is 4.39 Å². The normalized spacial score (nSPS) is 10.4. The van der Waals surface area contributed by atoms with Gasteiger partial charge in [0.1, 0.15) is 5.82 Å². The number of halogens is 1. The van der Waals surface area contributed by atoms with E-state index in [2.05, 4.69) is 10.9 Å². The fraction of sp³-hybridized carbons (Fsp3) is 0. The number of hydrazine groups is 1. The third-order valence-corrected chi connectivity index (χ3v) is 4.17. The summed E-state index contributed by atoms with van der Waals surface area (Å²) in [4.78, 5) is 24.3. The second kappa shape index (κ2) is 5.95. The van der Waals surface area contributed by atoms with Gasteiger partial charge in [-0.3, -0.25) is 20.4 Å². The van der Waals surface area contributed by atoms with E-state index in [0.717, 1.165) is 10.1 Å². The average Bonchev–Trinajstić information content (AvgIpc) is 2.97. The first kappa shape index (κ1) is 14.2. The minimum Gasteiger partial charge on any atom is -0.267 e. The van der Waals surface area contributed by atoms with E-state index < -0.39 is 17.6 Å². The highest BCUT2D eigenvalue weighted by molar-refractivity contribution is 7.20. The largest absolute Gasteiger partial charge is 0.279 e. The minimum atomic E-state index is -0.701. The van der Waals surface area contributed by atoms with E-state index in [9.17, 15) is 14.0 Å². The van der Waals surface area contributed by atoms with Crippen LogP contribution in [0.5, 0.6) is 0 Å². The van der Waals surface area contributed by atoms with E-state index in [1.807, 2.05) is 24.3 Å². The lowest BCUT2D eigenvalue weighted by atomic mass is 10.2. The Kier molecular flexibility index (Phi) is 3.84. The number of carbonyl (C=O) groups is 2. The van der Waals surface area contributed by atoms with Crippen molar-refractivity contribution in [2.24, 2.45) is 0 Å². The smallest absolute Gasteiger partial charge is 0.267 e. The van der Waals surface area contributed by atoms with Crippen molar-refractivity contribution in [3.8, 4) is 0 Å². The molecule has 3 aromatic rings. The molecule has 0 aliphatic rings. The fourth-order valence-electron chi connectivity index (χ4n) is 1.98. The van der Waals surface area contributed by atoms with Gasteiger partial charge in [0, 0.05) is 4.70 Å². The lowest BCUT2D eigenvalue weighted by molar-refractivity contribution is 0.0846. The van der Waals surface area contributed by atoms with E-state index in [1.54, 1.807) is 12.1 Å². The maximum atomic E-state index is 13.5. The van der Waals surface area contributed by atoms with Gasteiger partial charge in [-0.15, -0.1) is 11.3 Å². The predicted molar refractivity (Wildman–Crippen MR) is 83.2 cm³/mol. The molecule has 2 amide bonds. The van der Waals surface area contributed by atoms with Crippen LogP contribution in [0.25, 0.3) is 10.1 Å². The number of nitrogens with one attached hydrogen (secondary N) is 2. The van der Waals surface area contributed by atoms with Crippen molar-refractivity contribution in [3.05, 3.63) is 70.9 Å². The van der Waals surface area contributed by atoms with E-state index >= 15 is 0 Å². The van der Waals surface area contributed by atoms with Crippen molar-refractivity contribution >= 4 is 33.2 Å². The summed E-state index contributed by atoms with van der Waals surface area (Å²) in [6.45, 7) is 0. The van der Waals surface area contributed by atoms with Crippen LogP contribution < -0.4 is 10.9 Å². The summed E-state index contributed by atoms with van der Waals surface area (Å²) in [5.74, 6) is -1.78. The van der Waals surface area contributed by atoms with Crippen LogP contribution in [-0.4, -0.2) is 11.8 Å². The molecule has 0 saturated carbocycles. The molecule has 0 bridgehead atoms. The monoisotopic (exact) mass is 314 g/mol. The predicted octanol–water partition coefficient (Wildman–Crippen LogP) is 3.12. The van der Waals surface area contributed by atoms with E-state index in [4.69, 9.17) is 0 Å². The van der Waals surface area contributed by atoms with Gasteiger partial charge in [-0.2, -0.15) is 0 Å². The van der Waals surface area contributed by atoms with Gasteiger partial charge in [0.05, 0.1) is 10.4 Å². The number of rotatable bonds is 2. The molecule has 0 saturated heterocycles. The zero-order chi connectivity index (χ0) is 15.5. The van der Waals surface area contributed by atoms with Crippen LogP contribution in [0.3, 0.4) is 0 Å². The van der Waals surface area contributed by atoms with Gasteiger partial charge >= 0.3 is 0 Å². The molecule has 4 nitrogen and oxygen atoms in total.